The molecule has 0 aliphatic carbocycles. The van der Waals surface area contributed by atoms with E-state index < -0.39 is 0 Å². The van der Waals surface area contributed by atoms with Crippen LogP contribution < -0.4 is 5.32 Å². The van der Waals surface area contributed by atoms with Gasteiger partial charge in [-0.2, -0.15) is 5.26 Å². The van der Waals surface area contributed by atoms with Crippen LogP contribution in [0.25, 0.3) is 0 Å². The number of nitriles is 1. The van der Waals surface area contributed by atoms with Crippen LogP contribution in [0, 0.1) is 17.2 Å². The fourth-order valence-corrected chi connectivity index (χ4v) is 2.97. The van der Waals surface area contributed by atoms with Crippen LogP contribution in [0.5, 0.6) is 0 Å². The number of nitrogens with one attached hydrogen (secondary N) is 1. The third kappa shape index (κ3) is 4.33. The van der Waals surface area contributed by atoms with E-state index in [-0.39, 0.29) is 5.92 Å². The Morgan fingerprint density at radius 3 is 2.60 bits per heavy atom. The van der Waals surface area contributed by atoms with Crippen molar-refractivity contribution in [2.45, 2.75) is 25.2 Å². The largest absolute Gasteiger partial charge is 0.320 e. The summed E-state index contributed by atoms with van der Waals surface area (Å²) < 4.78 is 0. The summed E-state index contributed by atoms with van der Waals surface area (Å²) >= 11 is 0. The highest BCUT2D eigenvalue weighted by Crippen LogP contribution is 2.23. The number of rotatable bonds is 6. The van der Waals surface area contributed by atoms with Crippen LogP contribution in [0.1, 0.15) is 30.7 Å². The van der Waals surface area contributed by atoms with Crippen LogP contribution in [0.15, 0.2) is 30.3 Å². The molecule has 0 saturated carbocycles. The van der Waals surface area contributed by atoms with Crippen molar-refractivity contribution < 1.29 is 0 Å². The van der Waals surface area contributed by atoms with Gasteiger partial charge in [-0.05, 0) is 57.4 Å². The minimum atomic E-state index is 0.00468. The Balaban J connectivity index is 1.81. The molecule has 1 unspecified atom stereocenters. The Morgan fingerprint density at radius 2 is 2.00 bits per heavy atom. The number of hydrogen-bond donors (Lipinski definition) is 1. The first kappa shape index (κ1) is 15.0. The van der Waals surface area contributed by atoms with E-state index in [1.165, 1.54) is 19.3 Å². The quantitative estimate of drug-likeness (QED) is 0.864. The van der Waals surface area contributed by atoms with Gasteiger partial charge in [0.2, 0.25) is 0 Å². The lowest BCUT2D eigenvalue weighted by atomic mass is 9.92. The summed E-state index contributed by atoms with van der Waals surface area (Å²) in [6.07, 6.45) is 3.83. The number of likely N-dealkylation sites (tertiary alicyclic amines) is 1. The number of hydrogen-bond acceptors (Lipinski definition) is 3. The molecule has 0 bridgehead atoms. The van der Waals surface area contributed by atoms with Crippen molar-refractivity contribution in [3.8, 4) is 6.07 Å². The third-order valence-corrected chi connectivity index (χ3v) is 4.31. The molecule has 1 aliphatic heterocycles. The lowest BCUT2D eigenvalue weighted by Gasteiger charge is -2.33. The molecule has 1 saturated heterocycles. The van der Waals surface area contributed by atoms with Gasteiger partial charge in [0.15, 0.2) is 0 Å². The average Bonchev–Trinajstić information content (AvgIpc) is 2.52. The van der Waals surface area contributed by atoms with E-state index in [9.17, 15) is 5.26 Å². The van der Waals surface area contributed by atoms with Crippen LogP contribution in [-0.2, 0) is 0 Å². The number of benzene rings is 1. The predicted octanol–water partition coefficient (Wildman–Crippen LogP) is 2.62. The predicted molar refractivity (Wildman–Crippen MR) is 82.5 cm³/mol. The first-order chi connectivity index (χ1) is 9.83. The zero-order valence-corrected chi connectivity index (χ0v) is 12.4. The summed E-state index contributed by atoms with van der Waals surface area (Å²) in [5.41, 5.74) is 1.15. The molecule has 0 radical (unpaired) electrons. The second kappa shape index (κ2) is 8.04. The second-order valence-corrected chi connectivity index (χ2v) is 5.73. The lowest BCUT2D eigenvalue weighted by molar-refractivity contribution is 0.176. The van der Waals surface area contributed by atoms with E-state index in [2.05, 4.69) is 28.4 Å². The third-order valence-electron chi connectivity index (χ3n) is 4.31. The molecular weight excluding hydrogens is 246 g/mol. The zero-order valence-electron chi connectivity index (χ0n) is 12.4. The van der Waals surface area contributed by atoms with Gasteiger partial charge in [-0.3, -0.25) is 0 Å². The van der Waals surface area contributed by atoms with E-state index in [1.807, 2.05) is 25.2 Å². The molecule has 0 amide bonds. The summed E-state index contributed by atoms with van der Waals surface area (Å²) in [7, 11) is 2.02. The molecule has 0 spiro atoms. The van der Waals surface area contributed by atoms with Crippen molar-refractivity contribution in [1.29, 1.82) is 5.26 Å². The van der Waals surface area contributed by atoms with Gasteiger partial charge < -0.3 is 10.2 Å². The summed E-state index contributed by atoms with van der Waals surface area (Å²) in [4.78, 5) is 2.46. The van der Waals surface area contributed by atoms with Crippen molar-refractivity contribution in [1.82, 2.24) is 10.2 Å². The van der Waals surface area contributed by atoms with Gasteiger partial charge in [0.25, 0.3) is 0 Å². The summed E-state index contributed by atoms with van der Waals surface area (Å²) in [5, 5.41) is 12.6. The van der Waals surface area contributed by atoms with Gasteiger partial charge in [0.1, 0.15) is 0 Å². The fraction of sp³-hybridized carbons (Fsp3) is 0.588. The molecule has 108 valence electrons. The van der Waals surface area contributed by atoms with E-state index in [1.54, 1.807) is 0 Å². The Hall–Kier alpha value is -1.37. The van der Waals surface area contributed by atoms with Gasteiger partial charge >= 0.3 is 0 Å². The maximum absolute atomic E-state index is 9.39. The molecule has 1 heterocycles. The highest BCUT2D eigenvalue weighted by molar-refractivity contribution is 5.25. The molecule has 1 atom stereocenters. The molecule has 0 aromatic heterocycles. The van der Waals surface area contributed by atoms with Crippen molar-refractivity contribution in [3.63, 3.8) is 0 Å². The summed E-state index contributed by atoms with van der Waals surface area (Å²) in [6, 6.07) is 12.6. The maximum atomic E-state index is 9.39. The number of piperidine rings is 1. The molecule has 2 rings (SSSR count). The van der Waals surface area contributed by atoms with Crippen molar-refractivity contribution >= 4 is 0 Å². The Kier molecular flexibility index (Phi) is 6.04. The van der Waals surface area contributed by atoms with E-state index in [0.29, 0.717) is 0 Å². The first-order valence-electron chi connectivity index (χ1n) is 7.65. The van der Waals surface area contributed by atoms with Gasteiger partial charge in [0.05, 0.1) is 12.0 Å². The molecule has 1 aromatic rings. The average molecular weight is 271 g/mol. The fourth-order valence-electron chi connectivity index (χ4n) is 2.97. The Morgan fingerprint density at radius 1 is 1.30 bits per heavy atom. The molecule has 1 N–H and O–H groups in total. The van der Waals surface area contributed by atoms with Gasteiger partial charge in [-0.15, -0.1) is 0 Å². The topological polar surface area (TPSA) is 39.1 Å². The molecule has 20 heavy (non-hydrogen) atoms. The van der Waals surface area contributed by atoms with Gasteiger partial charge in [-0.25, -0.2) is 0 Å². The van der Waals surface area contributed by atoms with E-state index in [4.69, 9.17) is 0 Å². The van der Waals surface area contributed by atoms with Crippen LogP contribution in [0.3, 0.4) is 0 Å². The Bertz CT molecular complexity index is 416. The van der Waals surface area contributed by atoms with Crippen LogP contribution in [0.2, 0.25) is 0 Å². The van der Waals surface area contributed by atoms with Crippen LogP contribution in [-0.4, -0.2) is 38.1 Å². The van der Waals surface area contributed by atoms with Crippen LogP contribution >= 0.6 is 0 Å². The van der Waals surface area contributed by atoms with Crippen LogP contribution in [0.4, 0.5) is 0 Å². The van der Waals surface area contributed by atoms with Gasteiger partial charge in [-0.1, -0.05) is 30.3 Å². The molecule has 1 fully saturated rings. The highest BCUT2D eigenvalue weighted by Gasteiger charge is 2.21. The smallest absolute Gasteiger partial charge is 0.0839 e. The minimum Gasteiger partial charge on any atom is -0.320 e. The number of nitrogens with zero attached hydrogens (tertiary/aromatic N) is 2. The lowest BCUT2D eigenvalue weighted by Crippen LogP contribution is -2.37. The molecule has 3 heteroatoms. The minimum absolute atomic E-state index is 0.00468. The molecule has 3 nitrogen and oxygen atoms in total. The van der Waals surface area contributed by atoms with E-state index >= 15 is 0 Å². The summed E-state index contributed by atoms with van der Waals surface area (Å²) in [6.45, 7) is 4.27. The second-order valence-electron chi connectivity index (χ2n) is 5.73. The summed E-state index contributed by atoms with van der Waals surface area (Å²) in [5.74, 6) is 0.862. The maximum Gasteiger partial charge on any atom is 0.0839 e. The molecule has 1 aliphatic rings. The first-order valence-corrected chi connectivity index (χ1v) is 7.65. The van der Waals surface area contributed by atoms with Crippen molar-refractivity contribution in [2.75, 3.05) is 33.2 Å². The standard InChI is InChI=1S/C17H25N3/c1-19-10-7-15-8-11-20(12-9-15)14-17(13-18)16-5-3-2-4-6-16/h2-6,15,17,19H,7-12,14H2,1H3. The molecular formula is C17H25N3. The normalized spacial score (nSPS) is 18.6. The molecule has 1 aromatic carbocycles. The monoisotopic (exact) mass is 271 g/mol. The Labute approximate surface area is 122 Å². The van der Waals surface area contributed by atoms with Crippen molar-refractivity contribution in [3.05, 3.63) is 35.9 Å². The van der Waals surface area contributed by atoms with Gasteiger partial charge in [0, 0.05) is 6.54 Å². The highest BCUT2D eigenvalue weighted by atomic mass is 15.1. The SMILES string of the molecule is CNCCC1CCN(CC(C#N)c2ccccc2)CC1. The van der Waals surface area contributed by atoms with E-state index in [0.717, 1.165) is 37.7 Å². The zero-order chi connectivity index (χ0) is 14.2. The van der Waals surface area contributed by atoms with Crippen molar-refractivity contribution in [2.24, 2.45) is 5.92 Å².